The van der Waals surface area contributed by atoms with E-state index in [2.05, 4.69) is 13.8 Å². The molecule has 0 saturated heterocycles. The molecule has 0 saturated carbocycles. The summed E-state index contributed by atoms with van der Waals surface area (Å²) < 4.78 is 0. The summed E-state index contributed by atoms with van der Waals surface area (Å²) in [6.45, 7) is 4.15. The third kappa shape index (κ3) is 2.17. The molecule has 0 unspecified atom stereocenters. The number of ketones is 1. The fourth-order valence-corrected chi connectivity index (χ4v) is 2.26. The molecular formula is C14H21NO. The van der Waals surface area contributed by atoms with E-state index < -0.39 is 0 Å². The molecule has 0 spiro atoms. The lowest BCUT2D eigenvalue weighted by Crippen LogP contribution is -2.50. The number of nitrogens with zero attached hydrogens (tertiary/aromatic N) is 1. The SMILES string of the molecule is CCC(CC)(C(=O)c1ccccc1)N(C)C. The third-order valence-electron chi connectivity index (χ3n) is 3.48. The highest BCUT2D eigenvalue weighted by atomic mass is 16.1. The van der Waals surface area contributed by atoms with E-state index in [1.165, 1.54) is 0 Å². The van der Waals surface area contributed by atoms with Gasteiger partial charge >= 0.3 is 0 Å². The smallest absolute Gasteiger partial charge is 0.183 e. The number of benzene rings is 1. The average Bonchev–Trinajstić information content (AvgIpc) is 2.32. The van der Waals surface area contributed by atoms with Gasteiger partial charge in [0.25, 0.3) is 0 Å². The van der Waals surface area contributed by atoms with Crippen molar-refractivity contribution in [1.29, 1.82) is 0 Å². The standard InChI is InChI=1S/C14H21NO/c1-5-14(6-2,15(3)4)13(16)12-10-8-7-9-11-12/h7-11H,5-6H2,1-4H3. The molecule has 1 rings (SSSR count). The fourth-order valence-electron chi connectivity index (χ4n) is 2.26. The van der Waals surface area contributed by atoms with E-state index in [-0.39, 0.29) is 11.3 Å². The summed E-state index contributed by atoms with van der Waals surface area (Å²) in [5, 5.41) is 0. The summed E-state index contributed by atoms with van der Waals surface area (Å²) in [5.74, 6) is 0.225. The maximum absolute atomic E-state index is 12.5. The van der Waals surface area contributed by atoms with Gasteiger partial charge in [-0.05, 0) is 26.9 Å². The van der Waals surface area contributed by atoms with Crippen LogP contribution in [0.3, 0.4) is 0 Å². The zero-order valence-corrected chi connectivity index (χ0v) is 10.7. The molecule has 88 valence electrons. The van der Waals surface area contributed by atoms with Gasteiger partial charge in [-0.25, -0.2) is 0 Å². The van der Waals surface area contributed by atoms with Crippen molar-refractivity contribution >= 4 is 5.78 Å². The molecule has 1 aromatic rings. The van der Waals surface area contributed by atoms with Crippen molar-refractivity contribution in [3.8, 4) is 0 Å². The van der Waals surface area contributed by atoms with Gasteiger partial charge in [-0.15, -0.1) is 0 Å². The zero-order chi connectivity index (χ0) is 12.2. The van der Waals surface area contributed by atoms with Gasteiger partial charge < -0.3 is 0 Å². The Bertz CT molecular complexity index is 339. The van der Waals surface area contributed by atoms with E-state index in [0.717, 1.165) is 18.4 Å². The highest BCUT2D eigenvalue weighted by Gasteiger charge is 2.37. The Morgan fingerprint density at radius 3 is 2.00 bits per heavy atom. The van der Waals surface area contributed by atoms with Crippen LogP contribution in [-0.2, 0) is 0 Å². The van der Waals surface area contributed by atoms with Crippen LogP contribution in [0, 0.1) is 0 Å². The van der Waals surface area contributed by atoms with Crippen LogP contribution in [0.2, 0.25) is 0 Å². The first-order valence-corrected chi connectivity index (χ1v) is 5.85. The van der Waals surface area contributed by atoms with Crippen LogP contribution in [-0.4, -0.2) is 30.3 Å². The first-order valence-electron chi connectivity index (χ1n) is 5.85. The van der Waals surface area contributed by atoms with Crippen molar-refractivity contribution in [2.75, 3.05) is 14.1 Å². The highest BCUT2D eigenvalue weighted by molar-refractivity contribution is 6.03. The van der Waals surface area contributed by atoms with E-state index in [9.17, 15) is 4.79 Å². The van der Waals surface area contributed by atoms with Gasteiger partial charge in [0.1, 0.15) is 0 Å². The molecule has 0 aliphatic carbocycles. The Kier molecular flexibility index (Phi) is 4.25. The van der Waals surface area contributed by atoms with Crippen LogP contribution in [0.5, 0.6) is 0 Å². The lowest BCUT2D eigenvalue weighted by Gasteiger charge is -2.37. The van der Waals surface area contributed by atoms with Crippen LogP contribution in [0.4, 0.5) is 0 Å². The first kappa shape index (κ1) is 12.9. The number of carbonyl (C=O) groups excluding carboxylic acids is 1. The van der Waals surface area contributed by atoms with E-state index in [1.807, 2.05) is 49.3 Å². The highest BCUT2D eigenvalue weighted by Crippen LogP contribution is 2.26. The molecular weight excluding hydrogens is 198 g/mol. The number of rotatable bonds is 5. The number of carbonyl (C=O) groups is 1. The van der Waals surface area contributed by atoms with Crippen molar-refractivity contribution in [3.05, 3.63) is 35.9 Å². The summed E-state index contributed by atoms with van der Waals surface area (Å²) in [6.07, 6.45) is 1.68. The van der Waals surface area contributed by atoms with Crippen LogP contribution in [0.25, 0.3) is 0 Å². The van der Waals surface area contributed by atoms with Crippen LogP contribution < -0.4 is 0 Å². The van der Waals surface area contributed by atoms with Crippen molar-refractivity contribution in [1.82, 2.24) is 4.90 Å². The predicted molar refractivity (Wildman–Crippen MR) is 67.8 cm³/mol. The summed E-state index contributed by atoms with van der Waals surface area (Å²) in [7, 11) is 3.96. The lowest BCUT2D eigenvalue weighted by atomic mass is 9.83. The molecule has 0 aliphatic heterocycles. The summed E-state index contributed by atoms with van der Waals surface area (Å²) in [6, 6.07) is 9.56. The summed E-state index contributed by atoms with van der Waals surface area (Å²) >= 11 is 0. The molecule has 16 heavy (non-hydrogen) atoms. The van der Waals surface area contributed by atoms with Gasteiger partial charge in [0.05, 0.1) is 5.54 Å². The molecule has 1 aromatic carbocycles. The Labute approximate surface area is 98.3 Å². The molecule has 0 fully saturated rings. The Morgan fingerprint density at radius 2 is 1.62 bits per heavy atom. The maximum atomic E-state index is 12.5. The number of hydrogen-bond acceptors (Lipinski definition) is 2. The second kappa shape index (κ2) is 5.26. The molecule has 0 atom stereocenters. The second-order valence-corrected chi connectivity index (χ2v) is 4.33. The minimum absolute atomic E-state index is 0.225. The van der Waals surface area contributed by atoms with Gasteiger partial charge in [-0.1, -0.05) is 44.2 Å². The molecule has 0 heterocycles. The number of Topliss-reactive ketones (excluding diaryl/α,β-unsaturated/α-hetero) is 1. The van der Waals surface area contributed by atoms with Gasteiger partial charge in [0.15, 0.2) is 5.78 Å². The Hall–Kier alpha value is -1.15. The van der Waals surface area contributed by atoms with Crippen LogP contribution in [0.1, 0.15) is 37.0 Å². The molecule has 0 radical (unpaired) electrons. The average molecular weight is 219 g/mol. The summed E-state index contributed by atoms with van der Waals surface area (Å²) in [5.41, 5.74) is 0.446. The topological polar surface area (TPSA) is 20.3 Å². The normalized spacial score (nSPS) is 11.8. The quantitative estimate of drug-likeness (QED) is 0.710. The van der Waals surface area contributed by atoms with Crippen molar-refractivity contribution < 1.29 is 4.79 Å². The van der Waals surface area contributed by atoms with Crippen LogP contribution >= 0.6 is 0 Å². The van der Waals surface area contributed by atoms with Gasteiger partial charge in [0.2, 0.25) is 0 Å². The van der Waals surface area contributed by atoms with E-state index in [1.54, 1.807) is 0 Å². The fraction of sp³-hybridized carbons (Fsp3) is 0.500. The van der Waals surface area contributed by atoms with E-state index >= 15 is 0 Å². The first-order chi connectivity index (χ1) is 7.58. The second-order valence-electron chi connectivity index (χ2n) is 4.33. The third-order valence-corrected chi connectivity index (χ3v) is 3.48. The van der Waals surface area contributed by atoms with Crippen LogP contribution in [0.15, 0.2) is 30.3 Å². The lowest BCUT2D eigenvalue weighted by molar-refractivity contribution is 0.0656. The van der Waals surface area contributed by atoms with Crippen molar-refractivity contribution in [2.45, 2.75) is 32.2 Å². The number of likely N-dealkylation sites (N-methyl/N-ethyl adjacent to an activating group) is 1. The largest absolute Gasteiger partial charge is 0.297 e. The molecule has 0 amide bonds. The number of hydrogen-bond donors (Lipinski definition) is 0. The van der Waals surface area contributed by atoms with E-state index in [0.29, 0.717) is 0 Å². The molecule has 0 aromatic heterocycles. The monoisotopic (exact) mass is 219 g/mol. The Balaban J connectivity index is 3.10. The minimum Gasteiger partial charge on any atom is -0.297 e. The van der Waals surface area contributed by atoms with Gasteiger partial charge in [-0.3, -0.25) is 9.69 Å². The predicted octanol–water partition coefficient (Wildman–Crippen LogP) is 2.99. The molecule has 2 nitrogen and oxygen atoms in total. The maximum Gasteiger partial charge on any atom is 0.183 e. The minimum atomic E-state index is -0.360. The molecule has 0 N–H and O–H groups in total. The van der Waals surface area contributed by atoms with Crippen molar-refractivity contribution in [3.63, 3.8) is 0 Å². The zero-order valence-electron chi connectivity index (χ0n) is 10.7. The summed E-state index contributed by atoms with van der Waals surface area (Å²) in [4.78, 5) is 14.6. The van der Waals surface area contributed by atoms with E-state index in [4.69, 9.17) is 0 Å². The molecule has 2 heteroatoms. The van der Waals surface area contributed by atoms with Gasteiger partial charge in [-0.2, -0.15) is 0 Å². The van der Waals surface area contributed by atoms with Gasteiger partial charge in [0, 0.05) is 5.56 Å². The Morgan fingerprint density at radius 1 is 1.12 bits per heavy atom. The van der Waals surface area contributed by atoms with Crippen molar-refractivity contribution in [2.24, 2.45) is 0 Å². The molecule has 0 aliphatic rings. The molecule has 0 bridgehead atoms.